The first-order chi connectivity index (χ1) is 5.31. The summed E-state index contributed by atoms with van der Waals surface area (Å²) in [6.45, 7) is 2.95. The van der Waals surface area contributed by atoms with Gasteiger partial charge in [0.25, 0.3) is 0 Å². The molecule has 0 aromatic carbocycles. The molecule has 0 rings (SSSR count). The first-order valence-corrected chi connectivity index (χ1v) is 5.66. The van der Waals surface area contributed by atoms with Crippen LogP contribution in [0.2, 0.25) is 0 Å². The van der Waals surface area contributed by atoms with Crippen molar-refractivity contribution in [3.8, 4) is 0 Å². The van der Waals surface area contributed by atoms with Gasteiger partial charge in [-0.25, -0.2) is 0 Å². The van der Waals surface area contributed by atoms with Crippen molar-refractivity contribution in [1.29, 1.82) is 0 Å². The molecule has 66 valence electrons. The van der Waals surface area contributed by atoms with Gasteiger partial charge in [-0.05, 0) is 6.42 Å². The number of carbonyl (C=O) groups is 1. The lowest BCUT2D eigenvalue weighted by Gasteiger charge is -2.01. The molecule has 3 heteroatoms. The predicted molar refractivity (Wildman–Crippen MR) is 56.0 cm³/mol. The van der Waals surface area contributed by atoms with Crippen LogP contribution in [0.25, 0.3) is 0 Å². The average molecular weight is 269 g/mol. The molecule has 1 amide bonds. The monoisotopic (exact) mass is 269 g/mol. The number of rotatable bonds is 6. The molecule has 0 saturated heterocycles. The second-order valence-corrected chi connectivity index (χ2v) is 3.57. The molecule has 0 saturated carbocycles. The number of carbonyl (C=O) groups excluding carboxylic acids is 1. The first kappa shape index (κ1) is 11.2. The average Bonchev–Trinajstić information content (AvgIpc) is 2.01. The molecule has 0 heterocycles. The topological polar surface area (TPSA) is 29.1 Å². The van der Waals surface area contributed by atoms with Gasteiger partial charge >= 0.3 is 0 Å². The Labute approximate surface area is 82.3 Å². The van der Waals surface area contributed by atoms with Crippen LogP contribution in [-0.2, 0) is 4.79 Å². The summed E-state index contributed by atoms with van der Waals surface area (Å²) in [5, 5.41) is 2.84. The zero-order chi connectivity index (χ0) is 8.53. The molecule has 0 unspecified atom stereocenters. The van der Waals surface area contributed by atoms with Gasteiger partial charge in [-0.3, -0.25) is 4.79 Å². The van der Waals surface area contributed by atoms with E-state index in [0.29, 0.717) is 6.42 Å². The molecule has 0 spiro atoms. The molecular weight excluding hydrogens is 253 g/mol. The lowest BCUT2D eigenvalue weighted by molar-refractivity contribution is -0.121. The molecule has 0 atom stereocenters. The summed E-state index contributed by atoms with van der Waals surface area (Å²) >= 11 is 2.25. The fourth-order valence-corrected chi connectivity index (χ4v) is 1.08. The van der Waals surface area contributed by atoms with Crippen molar-refractivity contribution >= 4 is 28.5 Å². The van der Waals surface area contributed by atoms with Crippen LogP contribution < -0.4 is 5.32 Å². The Bertz CT molecular complexity index is 106. The minimum atomic E-state index is 0.204. The van der Waals surface area contributed by atoms with E-state index in [4.69, 9.17) is 0 Å². The summed E-state index contributed by atoms with van der Waals surface area (Å²) in [6, 6.07) is 0. The van der Waals surface area contributed by atoms with Crippen LogP contribution >= 0.6 is 22.6 Å². The third-order valence-electron chi connectivity index (χ3n) is 1.42. The van der Waals surface area contributed by atoms with Gasteiger partial charge in [0.05, 0.1) is 0 Å². The largest absolute Gasteiger partial charge is 0.355 e. The Kier molecular flexibility index (Phi) is 8.45. The Morgan fingerprint density at radius 1 is 1.45 bits per heavy atom. The highest BCUT2D eigenvalue weighted by atomic mass is 127. The van der Waals surface area contributed by atoms with Crippen LogP contribution in [0, 0.1) is 0 Å². The van der Waals surface area contributed by atoms with Gasteiger partial charge < -0.3 is 5.32 Å². The molecule has 0 bridgehead atoms. The summed E-state index contributed by atoms with van der Waals surface area (Å²) in [4.78, 5) is 11.0. The van der Waals surface area contributed by atoms with Crippen LogP contribution in [0.5, 0.6) is 0 Å². The van der Waals surface area contributed by atoms with Crippen LogP contribution in [0.4, 0.5) is 0 Å². The van der Waals surface area contributed by atoms with E-state index in [1.165, 1.54) is 6.42 Å². The van der Waals surface area contributed by atoms with Crippen molar-refractivity contribution in [2.75, 3.05) is 11.0 Å². The summed E-state index contributed by atoms with van der Waals surface area (Å²) in [5.74, 6) is 0.204. The normalized spacial score (nSPS) is 9.64. The molecule has 0 radical (unpaired) electrons. The van der Waals surface area contributed by atoms with E-state index in [1.807, 2.05) is 0 Å². The molecule has 0 aliphatic heterocycles. The fraction of sp³-hybridized carbons (Fsp3) is 0.875. The van der Waals surface area contributed by atoms with E-state index in [9.17, 15) is 4.79 Å². The molecule has 2 nitrogen and oxygen atoms in total. The molecule has 0 aromatic heterocycles. The van der Waals surface area contributed by atoms with Gasteiger partial charge in [0.15, 0.2) is 0 Å². The van der Waals surface area contributed by atoms with Gasteiger partial charge in [0.1, 0.15) is 0 Å². The number of hydrogen-bond acceptors (Lipinski definition) is 1. The van der Waals surface area contributed by atoms with Crippen molar-refractivity contribution in [2.45, 2.75) is 32.6 Å². The smallest absolute Gasteiger partial charge is 0.220 e. The maximum absolute atomic E-state index is 11.0. The van der Waals surface area contributed by atoms with E-state index < -0.39 is 0 Å². The zero-order valence-electron chi connectivity index (χ0n) is 7.03. The molecule has 0 fully saturated rings. The number of alkyl halides is 1. The second kappa shape index (κ2) is 8.30. The lowest BCUT2D eigenvalue weighted by atomic mass is 10.2. The fourth-order valence-electron chi connectivity index (χ4n) is 0.811. The van der Waals surface area contributed by atoms with E-state index in [0.717, 1.165) is 23.8 Å². The van der Waals surface area contributed by atoms with Crippen molar-refractivity contribution in [1.82, 2.24) is 5.32 Å². The summed E-state index contributed by atoms with van der Waals surface area (Å²) in [5.41, 5.74) is 0. The zero-order valence-corrected chi connectivity index (χ0v) is 9.19. The first-order valence-electron chi connectivity index (χ1n) is 4.14. The number of amides is 1. The molecule has 0 aliphatic carbocycles. The van der Waals surface area contributed by atoms with Crippen LogP contribution in [0.3, 0.4) is 0 Å². The summed E-state index contributed by atoms with van der Waals surface area (Å²) in [7, 11) is 0. The van der Waals surface area contributed by atoms with E-state index in [2.05, 4.69) is 34.8 Å². The summed E-state index contributed by atoms with van der Waals surface area (Å²) in [6.07, 6.45) is 4.07. The number of unbranched alkanes of at least 4 members (excludes halogenated alkanes) is 2. The molecular formula is C8H16INO. The van der Waals surface area contributed by atoms with Gasteiger partial charge in [-0.15, -0.1) is 0 Å². The van der Waals surface area contributed by atoms with Crippen LogP contribution in [-0.4, -0.2) is 16.9 Å². The second-order valence-electron chi connectivity index (χ2n) is 2.50. The minimum Gasteiger partial charge on any atom is -0.355 e. The van der Waals surface area contributed by atoms with Crippen LogP contribution in [0.15, 0.2) is 0 Å². The van der Waals surface area contributed by atoms with Crippen molar-refractivity contribution in [3.63, 3.8) is 0 Å². The van der Waals surface area contributed by atoms with Gasteiger partial charge in [-0.1, -0.05) is 42.4 Å². The third kappa shape index (κ3) is 8.10. The van der Waals surface area contributed by atoms with Crippen LogP contribution in [0.1, 0.15) is 32.6 Å². The Balaban J connectivity index is 3.09. The number of hydrogen-bond donors (Lipinski definition) is 1. The van der Waals surface area contributed by atoms with E-state index in [1.54, 1.807) is 0 Å². The third-order valence-corrected chi connectivity index (χ3v) is 1.96. The van der Waals surface area contributed by atoms with Crippen molar-refractivity contribution in [2.24, 2.45) is 0 Å². The maximum atomic E-state index is 11.0. The molecule has 1 N–H and O–H groups in total. The minimum absolute atomic E-state index is 0.204. The van der Waals surface area contributed by atoms with Gasteiger partial charge in [0.2, 0.25) is 5.91 Å². The Morgan fingerprint density at radius 2 is 2.18 bits per heavy atom. The van der Waals surface area contributed by atoms with Gasteiger partial charge in [-0.2, -0.15) is 0 Å². The maximum Gasteiger partial charge on any atom is 0.220 e. The summed E-state index contributed by atoms with van der Waals surface area (Å²) < 4.78 is 0.997. The van der Waals surface area contributed by atoms with Crippen molar-refractivity contribution < 1.29 is 4.79 Å². The molecule has 0 aliphatic rings. The quantitative estimate of drug-likeness (QED) is 0.446. The highest BCUT2D eigenvalue weighted by molar-refractivity contribution is 14.1. The SMILES string of the molecule is CCCCCC(=O)NCCI. The van der Waals surface area contributed by atoms with E-state index in [-0.39, 0.29) is 5.91 Å². The van der Waals surface area contributed by atoms with E-state index >= 15 is 0 Å². The lowest BCUT2D eigenvalue weighted by Crippen LogP contribution is -2.24. The highest BCUT2D eigenvalue weighted by Crippen LogP contribution is 1.97. The Hall–Kier alpha value is 0.200. The number of halogens is 1. The predicted octanol–water partition coefficient (Wildman–Crippen LogP) is 2.12. The standard InChI is InChI=1S/C8H16INO/c1-2-3-4-5-8(11)10-7-6-9/h2-7H2,1H3,(H,10,11). The number of nitrogens with one attached hydrogen (secondary N) is 1. The molecule has 11 heavy (non-hydrogen) atoms. The Morgan fingerprint density at radius 3 is 2.73 bits per heavy atom. The van der Waals surface area contributed by atoms with Gasteiger partial charge in [0, 0.05) is 17.4 Å². The highest BCUT2D eigenvalue weighted by Gasteiger charge is 1.97. The molecule has 0 aromatic rings. The van der Waals surface area contributed by atoms with Crippen molar-refractivity contribution in [3.05, 3.63) is 0 Å².